The standard InChI is InChI=1S/C21H21ClN2O8.N2/c1-24(2)14-7-5-6-10(16(27)12-9(25)4-3-8(22)11(12)15(6)26)18(29)21(7,32)19(30)13(17(14)28)20(23)31;1-2/h3-4,6-7,14-15,25-27,30,32H,5H2,1-2H3,(H2,23,31);/t6-,7+,14-,15-,21-;/m0./s1. The normalized spacial score (nSPS) is 30.2. The van der Waals surface area contributed by atoms with Crippen LogP contribution in [0, 0.1) is 22.6 Å². The van der Waals surface area contributed by atoms with Gasteiger partial charge in [-0.15, -0.1) is 0 Å². The summed E-state index contributed by atoms with van der Waals surface area (Å²) in [6, 6.07) is 1.25. The lowest BCUT2D eigenvalue weighted by Crippen LogP contribution is -2.66. The van der Waals surface area contributed by atoms with Crippen LogP contribution in [0.3, 0.4) is 0 Å². The number of rotatable bonds is 2. The summed E-state index contributed by atoms with van der Waals surface area (Å²) in [6.07, 6.45) is -1.70. The molecule has 0 spiro atoms. The molecule has 0 aliphatic heterocycles. The molecule has 4 rings (SSSR count). The number of aliphatic hydroxyl groups is 4. The molecule has 7 N–H and O–H groups in total. The summed E-state index contributed by atoms with van der Waals surface area (Å²) in [5.74, 6) is -8.19. The van der Waals surface area contributed by atoms with Crippen molar-refractivity contribution in [2.75, 3.05) is 14.1 Å². The number of likely N-dealkylation sites (N-methyl/N-ethyl adjacent to an activating group) is 1. The van der Waals surface area contributed by atoms with Gasteiger partial charge in [-0.2, -0.15) is 0 Å². The number of fused-ring (bicyclic) bond motifs is 3. The van der Waals surface area contributed by atoms with E-state index in [1.54, 1.807) is 0 Å². The van der Waals surface area contributed by atoms with E-state index in [1.165, 1.54) is 31.1 Å². The second-order valence-electron chi connectivity index (χ2n) is 8.47. The van der Waals surface area contributed by atoms with Crippen molar-refractivity contribution < 1.29 is 39.9 Å². The highest BCUT2D eigenvalue weighted by Gasteiger charge is 2.65. The number of Topliss-reactive ketones (excluding diaryl/α,β-unsaturated/α-hetero) is 2. The number of hydrogen-bond donors (Lipinski definition) is 6. The second kappa shape index (κ2) is 8.37. The topological polar surface area (TPSA) is 229 Å². The Morgan fingerprint density at radius 1 is 1.21 bits per heavy atom. The molecule has 0 saturated heterocycles. The number of nitrogens with two attached hydrogens (primary N) is 1. The molecule has 0 bridgehead atoms. The third kappa shape index (κ3) is 3.09. The van der Waals surface area contributed by atoms with Gasteiger partial charge in [0, 0.05) is 38.8 Å². The van der Waals surface area contributed by atoms with E-state index in [-0.39, 0.29) is 22.6 Å². The molecule has 13 heteroatoms. The molecule has 0 radical (unpaired) electrons. The van der Waals surface area contributed by atoms with E-state index in [1.807, 2.05) is 0 Å². The van der Waals surface area contributed by atoms with Gasteiger partial charge in [-0.25, -0.2) is 0 Å². The first-order valence-corrected chi connectivity index (χ1v) is 10.3. The summed E-state index contributed by atoms with van der Waals surface area (Å²) in [5, 5.41) is 66.4. The molecule has 1 aromatic carbocycles. The average Bonchev–Trinajstić information content (AvgIpc) is 2.76. The number of aromatic hydroxyl groups is 1. The Bertz CT molecular complexity index is 1210. The van der Waals surface area contributed by atoms with E-state index >= 15 is 0 Å². The number of phenolic OH excluding ortho intramolecular Hbond substituents is 1. The fraction of sp³-hybridized carbons (Fsp3) is 0.381. The van der Waals surface area contributed by atoms with Crippen molar-refractivity contribution in [2.24, 2.45) is 17.6 Å². The Morgan fingerprint density at radius 2 is 1.79 bits per heavy atom. The minimum Gasteiger partial charge on any atom is -0.508 e. The molecule has 12 nitrogen and oxygen atoms in total. The number of halogens is 1. The summed E-state index contributed by atoms with van der Waals surface area (Å²) in [7, 11) is 2.97. The summed E-state index contributed by atoms with van der Waals surface area (Å²) >= 11 is 6.19. The lowest BCUT2D eigenvalue weighted by Gasteiger charge is -2.51. The number of amides is 1. The van der Waals surface area contributed by atoms with Gasteiger partial charge in [0.2, 0.25) is 5.78 Å². The highest BCUT2D eigenvalue weighted by Crippen LogP contribution is 2.56. The van der Waals surface area contributed by atoms with Crippen LogP contribution in [0.4, 0.5) is 0 Å². The Hall–Kier alpha value is -3.50. The largest absolute Gasteiger partial charge is 0.508 e. The van der Waals surface area contributed by atoms with Gasteiger partial charge in [0.15, 0.2) is 11.4 Å². The van der Waals surface area contributed by atoms with E-state index in [0.717, 1.165) is 0 Å². The molecule has 5 atom stereocenters. The number of benzene rings is 1. The van der Waals surface area contributed by atoms with Gasteiger partial charge in [-0.3, -0.25) is 19.3 Å². The Balaban J connectivity index is 0.00000158. The van der Waals surface area contributed by atoms with Crippen molar-refractivity contribution in [2.45, 2.75) is 24.2 Å². The average molecular weight is 493 g/mol. The van der Waals surface area contributed by atoms with Gasteiger partial charge < -0.3 is 31.3 Å². The van der Waals surface area contributed by atoms with Crippen molar-refractivity contribution in [3.63, 3.8) is 0 Å². The van der Waals surface area contributed by atoms with Crippen LogP contribution in [0.1, 0.15) is 23.7 Å². The van der Waals surface area contributed by atoms with Crippen LogP contribution >= 0.6 is 11.6 Å². The van der Waals surface area contributed by atoms with Crippen LogP contribution < -0.4 is 5.73 Å². The van der Waals surface area contributed by atoms with Gasteiger partial charge in [-0.05, 0) is 32.6 Å². The first-order chi connectivity index (χ1) is 15.8. The third-order valence-electron chi connectivity index (χ3n) is 6.64. The Morgan fingerprint density at radius 3 is 2.32 bits per heavy atom. The van der Waals surface area contributed by atoms with Crippen LogP contribution in [-0.2, 0) is 14.4 Å². The van der Waals surface area contributed by atoms with Gasteiger partial charge in [-0.1, -0.05) is 11.6 Å². The van der Waals surface area contributed by atoms with E-state index in [2.05, 4.69) is 0 Å². The number of carbonyl (C=O) groups is 3. The first kappa shape index (κ1) is 25.1. The number of primary amides is 1. The van der Waals surface area contributed by atoms with Crippen LogP contribution in [0.15, 0.2) is 29.0 Å². The molecule has 1 amide bonds. The van der Waals surface area contributed by atoms with Crippen molar-refractivity contribution in [3.8, 4) is 5.75 Å². The van der Waals surface area contributed by atoms with E-state index < -0.39 is 75.5 Å². The molecule has 0 aromatic heterocycles. The van der Waals surface area contributed by atoms with E-state index in [9.17, 15) is 39.9 Å². The fourth-order valence-corrected chi connectivity index (χ4v) is 5.51. The number of nitrogens with zero attached hydrogens (tertiary/aromatic N) is 3. The molecule has 180 valence electrons. The SMILES string of the molecule is CN(C)[C@@H]1C(=O)C(C(N)=O)=C(O)[C@@]2(O)C(=O)C3=C(O)c4c(O)ccc(Cl)c4[C@@H](O)[C@H]3C[C@H]12.N#N. The highest BCUT2D eigenvalue weighted by atomic mass is 35.5. The zero-order chi connectivity index (χ0) is 25.9. The maximum absolute atomic E-state index is 13.6. The van der Waals surface area contributed by atoms with Crippen molar-refractivity contribution in [3.05, 3.63) is 45.2 Å². The lowest BCUT2D eigenvalue weighted by atomic mass is 9.57. The Kier molecular flexibility index (Phi) is 6.19. The zero-order valence-corrected chi connectivity index (χ0v) is 18.7. The molecule has 1 aromatic rings. The molecule has 0 unspecified atom stereocenters. The van der Waals surface area contributed by atoms with Crippen molar-refractivity contribution >= 4 is 34.8 Å². The molecule has 0 heterocycles. The Labute approximate surface area is 197 Å². The van der Waals surface area contributed by atoms with E-state index in [4.69, 9.17) is 28.1 Å². The van der Waals surface area contributed by atoms with E-state index in [0.29, 0.717) is 0 Å². The van der Waals surface area contributed by atoms with Gasteiger partial charge in [0.1, 0.15) is 22.8 Å². The third-order valence-corrected chi connectivity index (χ3v) is 6.97. The predicted octanol–water partition coefficient (Wildman–Crippen LogP) is 0.138. The molecule has 3 aliphatic rings. The number of hydrogen-bond acceptors (Lipinski definition) is 11. The summed E-state index contributed by atoms with van der Waals surface area (Å²) < 4.78 is 0. The smallest absolute Gasteiger partial charge is 0.255 e. The van der Waals surface area contributed by atoms with Crippen molar-refractivity contribution in [1.82, 2.24) is 4.90 Å². The summed E-state index contributed by atoms with van der Waals surface area (Å²) in [5.41, 5.74) is 0.845. The first-order valence-electron chi connectivity index (χ1n) is 9.89. The predicted molar refractivity (Wildman–Crippen MR) is 114 cm³/mol. The van der Waals surface area contributed by atoms with Crippen LogP contribution in [-0.4, -0.2) is 73.6 Å². The monoisotopic (exact) mass is 492 g/mol. The van der Waals surface area contributed by atoms with Gasteiger partial charge >= 0.3 is 0 Å². The minimum atomic E-state index is -2.77. The zero-order valence-electron chi connectivity index (χ0n) is 17.9. The number of ketones is 2. The molecule has 1 fully saturated rings. The summed E-state index contributed by atoms with van der Waals surface area (Å²) in [4.78, 5) is 39.8. The quantitative estimate of drug-likeness (QED) is 0.240. The molecular weight excluding hydrogens is 472 g/mol. The minimum absolute atomic E-state index is 0.00251. The van der Waals surface area contributed by atoms with Crippen LogP contribution in [0.5, 0.6) is 5.75 Å². The van der Waals surface area contributed by atoms with Gasteiger partial charge in [0.05, 0.1) is 17.7 Å². The number of phenols is 1. The van der Waals surface area contributed by atoms with Crippen LogP contribution in [0.2, 0.25) is 5.02 Å². The lowest BCUT2D eigenvalue weighted by molar-refractivity contribution is -0.155. The maximum Gasteiger partial charge on any atom is 0.255 e. The fourth-order valence-electron chi connectivity index (χ4n) is 5.24. The number of carbonyl (C=O) groups excluding carboxylic acids is 3. The molecule has 3 aliphatic carbocycles. The maximum atomic E-state index is 13.6. The highest BCUT2D eigenvalue weighted by molar-refractivity contribution is 6.32. The number of aliphatic hydroxyl groups excluding tert-OH is 3. The molecule has 34 heavy (non-hydrogen) atoms. The molecular formula is C21H21ClN4O8. The van der Waals surface area contributed by atoms with Crippen molar-refractivity contribution in [1.29, 1.82) is 10.8 Å². The molecule has 1 saturated carbocycles. The second-order valence-corrected chi connectivity index (χ2v) is 8.87. The summed E-state index contributed by atoms with van der Waals surface area (Å²) in [6.45, 7) is 0. The van der Waals surface area contributed by atoms with Gasteiger partial charge in [0.25, 0.3) is 5.91 Å². The van der Waals surface area contributed by atoms with Crippen LogP contribution in [0.25, 0.3) is 5.76 Å².